The zero-order chi connectivity index (χ0) is 14.1. The van der Waals surface area contributed by atoms with Gasteiger partial charge in [-0.25, -0.2) is 4.79 Å². The largest absolute Gasteiger partial charge is 0.508 e. The molecule has 0 unspecified atom stereocenters. The maximum Gasteiger partial charge on any atom is 0.335 e. The van der Waals surface area contributed by atoms with Crippen LogP contribution >= 0.6 is 0 Å². The molecule has 0 heterocycles. The normalized spacial score (nSPS) is 10.6. The number of carbonyl (C=O) groups is 1. The molecule has 0 aliphatic heterocycles. The molecule has 0 saturated heterocycles. The lowest BCUT2D eigenvalue weighted by molar-refractivity contribution is 0.0696. The molecule has 0 bridgehead atoms. The number of benzene rings is 1. The summed E-state index contributed by atoms with van der Waals surface area (Å²) in [7, 11) is 0. The molecule has 0 aliphatic carbocycles. The SMILES string of the molecule is CCCCCCCOCc1cc(C(=O)O)ccc1O. The second kappa shape index (κ2) is 8.53. The summed E-state index contributed by atoms with van der Waals surface area (Å²) >= 11 is 0. The summed E-state index contributed by atoms with van der Waals surface area (Å²) in [6.07, 6.45) is 5.84. The average molecular weight is 266 g/mol. The number of phenolic OH excluding ortho intramolecular Hbond substituents is 1. The van der Waals surface area contributed by atoms with Gasteiger partial charge in [0.15, 0.2) is 0 Å². The van der Waals surface area contributed by atoms with Gasteiger partial charge in [-0.2, -0.15) is 0 Å². The van der Waals surface area contributed by atoms with Gasteiger partial charge in [-0.1, -0.05) is 32.6 Å². The molecule has 2 N–H and O–H groups in total. The van der Waals surface area contributed by atoms with Crippen LogP contribution in [-0.4, -0.2) is 22.8 Å². The third-order valence-corrected chi connectivity index (χ3v) is 2.98. The Labute approximate surface area is 114 Å². The lowest BCUT2D eigenvalue weighted by Gasteiger charge is -2.07. The van der Waals surface area contributed by atoms with Gasteiger partial charge >= 0.3 is 5.97 Å². The van der Waals surface area contributed by atoms with Crippen LogP contribution in [0.2, 0.25) is 0 Å². The standard InChI is InChI=1S/C15H22O4/c1-2-3-4-5-6-9-19-11-13-10-12(15(17)18)7-8-14(13)16/h7-8,10,16H,2-6,9,11H2,1H3,(H,17,18). The summed E-state index contributed by atoms with van der Waals surface area (Å²) in [5.41, 5.74) is 0.688. The number of hydrogen-bond donors (Lipinski definition) is 2. The van der Waals surface area contributed by atoms with Gasteiger partial charge in [-0.05, 0) is 24.6 Å². The van der Waals surface area contributed by atoms with Crippen LogP contribution in [0.5, 0.6) is 5.75 Å². The van der Waals surface area contributed by atoms with E-state index >= 15 is 0 Å². The molecule has 4 nitrogen and oxygen atoms in total. The molecule has 4 heteroatoms. The van der Waals surface area contributed by atoms with Crippen molar-refractivity contribution in [1.29, 1.82) is 0 Å². The van der Waals surface area contributed by atoms with Gasteiger partial charge in [0.2, 0.25) is 0 Å². The van der Waals surface area contributed by atoms with E-state index in [2.05, 4.69) is 6.92 Å². The zero-order valence-corrected chi connectivity index (χ0v) is 11.4. The lowest BCUT2D eigenvalue weighted by Crippen LogP contribution is -2.00. The monoisotopic (exact) mass is 266 g/mol. The molecule has 0 radical (unpaired) electrons. The number of phenols is 1. The summed E-state index contributed by atoms with van der Waals surface area (Å²) in [5.74, 6) is -0.920. The first kappa shape index (κ1) is 15.5. The number of carboxylic acids is 1. The van der Waals surface area contributed by atoms with Gasteiger partial charge in [0, 0.05) is 12.2 Å². The van der Waals surface area contributed by atoms with Crippen molar-refractivity contribution in [2.75, 3.05) is 6.61 Å². The molecule has 106 valence electrons. The fourth-order valence-electron chi connectivity index (χ4n) is 1.82. The van der Waals surface area contributed by atoms with Crippen LogP contribution in [-0.2, 0) is 11.3 Å². The number of unbranched alkanes of at least 4 members (excludes halogenated alkanes) is 4. The molecule has 0 spiro atoms. The van der Waals surface area contributed by atoms with Gasteiger partial charge in [-0.15, -0.1) is 0 Å². The molecule has 1 aromatic rings. The van der Waals surface area contributed by atoms with Crippen molar-refractivity contribution >= 4 is 5.97 Å². The van der Waals surface area contributed by atoms with Crippen molar-refractivity contribution < 1.29 is 19.7 Å². The van der Waals surface area contributed by atoms with Gasteiger partial charge < -0.3 is 14.9 Å². The molecule has 0 atom stereocenters. The fourth-order valence-corrected chi connectivity index (χ4v) is 1.82. The highest BCUT2D eigenvalue weighted by Gasteiger charge is 2.07. The van der Waals surface area contributed by atoms with Crippen LogP contribution in [0.4, 0.5) is 0 Å². The Kier molecular flexibility index (Phi) is 6.97. The number of rotatable bonds is 9. The molecule has 19 heavy (non-hydrogen) atoms. The quantitative estimate of drug-likeness (QED) is 0.670. The first-order valence-electron chi connectivity index (χ1n) is 6.78. The fraction of sp³-hybridized carbons (Fsp3) is 0.533. The topological polar surface area (TPSA) is 66.8 Å². The van der Waals surface area contributed by atoms with Crippen LogP contribution in [0.3, 0.4) is 0 Å². The van der Waals surface area contributed by atoms with Crippen LogP contribution in [0.15, 0.2) is 18.2 Å². The third kappa shape index (κ3) is 5.75. The molecule has 0 aliphatic rings. The van der Waals surface area contributed by atoms with Gasteiger partial charge in [0.05, 0.1) is 12.2 Å². The highest BCUT2D eigenvalue weighted by atomic mass is 16.5. The first-order chi connectivity index (χ1) is 9.15. The molecule has 0 amide bonds. The molecular formula is C15H22O4. The Morgan fingerprint density at radius 3 is 2.63 bits per heavy atom. The maximum absolute atomic E-state index is 10.8. The number of hydrogen-bond acceptors (Lipinski definition) is 3. The van der Waals surface area contributed by atoms with Gasteiger partial charge in [0.25, 0.3) is 0 Å². The summed E-state index contributed by atoms with van der Waals surface area (Å²) < 4.78 is 5.46. The minimum Gasteiger partial charge on any atom is -0.508 e. The number of aromatic hydroxyl groups is 1. The Balaban J connectivity index is 2.32. The van der Waals surface area contributed by atoms with E-state index in [1.165, 1.54) is 37.5 Å². The number of carboxylic acid groups (broad SMARTS) is 1. The van der Waals surface area contributed by atoms with Gasteiger partial charge in [0.1, 0.15) is 5.75 Å². The van der Waals surface area contributed by atoms with Crippen molar-refractivity contribution in [2.24, 2.45) is 0 Å². The second-order valence-corrected chi connectivity index (χ2v) is 4.62. The Morgan fingerprint density at radius 2 is 1.95 bits per heavy atom. The second-order valence-electron chi connectivity index (χ2n) is 4.62. The predicted molar refractivity (Wildman–Crippen MR) is 73.5 cm³/mol. The van der Waals surface area contributed by atoms with Crippen molar-refractivity contribution in [2.45, 2.75) is 45.6 Å². The lowest BCUT2D eigenvalue weighted by atomic mass is 10.1. The van der Waals surface area contributed by atoms with E-state index in [1.54, 1.807) is 0 Å². The van der Waals surface area contributed by atoms with E-state index in [0.717, 1.165) is 12.8 Å². The maximum atomic E-state index is 10.8. The van der Waals surface area contributed by atoms with E-state index in [4.69, 9.17) is 9.84 Å². The van der Waals surface area contributed by atoms with E-state index in [-0.39, 0.29) is 17.9 Å². The van der Waals surface area contributed by atoms with Crippen molar-refractivity contribution in [1.82, 2.24) is 0 Å². The highest BCUT2D eigenvalue weighted by molar-refractivity contribution is 5.88. The van der Waals surface area contributed by atoms with E-state index < -0.39 is 5.97 Å². The predicted octanol–water partition coefficient (Wildman–Crippen LogP) is 3.58. The van der Waals surface area contributed by atoms with E-state index in [9.17, 15) is 9.90 Å². The molecular weight excluding hydrogens is 244 g/mol. The first-order valence-corrected chi connectivity index (χ1v) is 6.78. The molecule has 0 saturated carbocycles. The molecule has 1 aromatic carbocycles. The van der Waals surface area contributed by atoms with Crippen molar-refractivity contribution in [3.8, 4) is 5.75 Å². The van der Waals surface area contributed by atoms with Crippen LogP contribution in [0, 0.1) is 0 Å². The highest BCUT2D eigenvalue weighted by Crippen LogP contribution is 2.19. The number of ether oxygens (including phenoxy) is 1. The van der Waals surface area contributed by atoms with E-state index in [1.807, 2.05) is 0 Å². The summed E-state index contributed by atoms with van der Waals surface area (Å²) in [6, 6.07) is 4.23. The number of aromatic carboxylic acids is 1. The molecule has 0 aromatic heterocycles. The van der Waals surface area contributed by atoms with Gasteiger partial charge in [-0.3, -0.25) is 0 Å². The van der Waals surface area contributed by atoms with E-state index in [0.29, 0.717) is 12.2 Å². The van der Waals surface area contributed by atoms with Crippen LogP contribution in [0.25, 0.3) is 0 Å². The third-order valence-electron chi connectivity index (χ3n) is 2.98. The van der Waals surface area contributed by atoms with Crippen molar-refractivity contribution in [3.63, 3.8) is 0 Å². The smallest absolute Gasteiger partial charge is 0.335 e. The van der Waals surface area contributed by atoms with Crippen LogP contribution in [0.1, 0.15) is 54.9 Å². The summed E-state index contributed by atoms with van der Waals surface area (Å²) in [5, 5.41) is 18.5. The Bertz CT molecular complexity index is 401. The molecule has 1 rings (SSSR count). The Hall–Kier alpha value is -1.55. The molecule has 0 fully saturated rings. The zero-order valence-electron chi connectivity index (χ0n) is 11.4. The minimum absolute atomic E-state index is 0.0796. The summed E-state index contributed by atoms with van der Waals surface area (Å²) in [4.78, 5) is 10.8. The summed E-state index contributed by atoms with van der Waals surface area (Å²) in [6.45, 7) is 3.07. The van der Waals surface area contributed by atoms with Crippen LogP contribution < -0.4 is 0 Å². The Morgan fingerprint density at radius 1 is 1.21 bits per heavy atom. The van der Waals surface area contributed by atoms with Crippen molar-refractivity contribution in [3.05, 3.63) is 29.3 Å². The minimum atomic E-state index is -0.999. The average Bonchev–Trinajstić information content (AvgIpc) is 2.39.